The lowest BCUT2D eigenvalue weighted by atomic mass is 9.99. The van der Waals surface area contributed by atoms with E-state index in [9.17, 15) is 9.18 Å². The first-order valence-electron chi connectivity index (χ1n) is 8.51. The Hall–Kier alpha value is -1.07. The Morgan fingerprint density at radius 1 is 1.35 bits per heavy atom. The average molecular weight is 338 g/mol. The Morgan fingerprint density at radius 2 is 2.09 bits per heavy atom. The summed E-state index contributed by atoms with van der Waals surface area (Å²) in [5.41, 5.74) is 0. The van der Waals surface area contributed by atoms with Crippen LogP contribution in [0, 0.1) is 11.7 Å². The summed E-state index contributed by atoms with van der Waals surface area (Å²) < 4.78 is 13.4. The average Bonchev–Trinajstić information content (AvgIpc) is 2.55. The number of nitrogens with zero attached hydrogens (tertiary/aromatic N) is 1. The van der Waals surface area contributed by atoms with Gasteiger partial charge in [-0.1, -0.05) is 19.1 Å². The monoisotopic (exact) mass is 338 g/mol. The molecule has 0 unspecified atom stereocenters. The second kappa shape index (κ2) is 9.93. The maximum atomic E-state index is 13.4. The molecule has 1 aromatic rings. The van der Waals surface area contributed by atoms with E-state index in [0.29, 0.717) is 17.1 Å². The molecule has 1 heterocycles. The normalized spacial score (nSPS) is 16.4. The number of carbonyl (C=O) groups is 1. The predicted molar refractivity (Wildman–Crippen MR) is 94.2 cm³/mol. The molecule has 3 nitrogen and oxygen atoms in total. The Bertz CT molecular complexity index is 490. The largest absolute Gasteiger partial charge is 0.356 e. The lowest BCUT2D eigenvalue weighted by Crippen LogP contribution is -2.35. The fourth-order valence-corrected chi connectivity index (χ4v) is 3.61. The van der Waals surface area contributed by atoms with Gasteiger partial charge in [-0.3, -0.25) is 4.79 Å². The van der Waals surface area contributed by atoms with Gasteiger partial charge in [-0.05, 0) is 56.9 Å². The zero-order valence-electron chi connectivity index (χ0n) is 13.9. The molecular weight excluding hydrogens is 311 g/mol. The van der Waals surface area contributed by atoms with Crippen molar-refractivity contribution in [2.24, 2.45) is 5.92 Å². The van der Waals surface area contributed by atoms with E-state index in [4.69, 9.17) is 0 Å². The first kappa shape index (κ1) is 18.3. The molecular formula is C18H27FN2OS. The van der Waals surface area contributed by atoms with Gasteiger partial charge in [0.05, 0.1) is 0 Å². The molecule has 23 heavy (non-hydrogen) atoms. The molecule has 1 saturated heterocycles. The van der Waals surface area contributed by atoms with Crippen LogP contribution in [0.2, 0.25) is 0 Å². The predicted octanol–water partition coefficient (Wildman–Crippen LogP) is 3.55. The number of nitrogens with one attached hydrogen (secondary N) is 1. The van der Waals surface area contributed by atoms with Crippen LogP contribution in [0.5, 0.6) is 0 Å². The topological polar surface area (TPSA) is 32.3 Å². The molecule has 0 radical (unpaired) electrons. The first-order valence-corrected chi connectivity index (χ1v) is 9.50. The van der Waals surface area contributed by atoms with Crippen molar-refractivity contribution in [1.29, 1.82) is 0 Å². The van der Waals surface area contributed by atoms with E-state index in [1.165, 1.54) is 43.8 Å². The molecule has 1 amide bonds. The fraction of sp³-hybridized carbons (Fsp3) is 0.611. The van der Waals surface area contributed by atoms with Crippen molar-refractivity contribution in [3.8, 4) is 0 Å². The minimum absolute atomic E-state index is 0.0566. The SMILES string of the molecule is CC1CCN(CCCNC(=O)CCSc2ccccc2F)CC1. The van der Waals surface area contributed by atoms with Gasteiger partial charge in [0.1, 0.15) is 5.82 Å². The maximum absolute atomic E-state index is 13.4. The van der Waals surface area contributed by atoms with Crippen molar-refractivity contribution in [2.45, 2.75) is 37.5 Å². The number of halogens is 1. The van der Waals surface area contributed by atoms with Gasteiger partial charge in [-0.25, -0.2) is 4.39 Å². The minimum Gasteiger partial charge on any atom is -0.356 e. The van der Waals surface area contributed by atoms with Crippen LogP contribution in [-0.2, 0) is 4.79 Å². The van der Waals surface area contributed by atoms with Crippen molar-refractivity contribution in [2.75, 3.05) is 31.9 Å². The molecule has 1 fully saturated rings. The highest BCUT2D eigenvalue weighted by Crippen LogP contribution is 2.21. The molecule has 0 aromatic heterocycles. The number of amides is 1. The molecule has 5 heteroatoms. The Morgan fingerprint density at radius 3 is 2.83 bits per heavy atom. The first-order chi connectivity index (χ1) is 11.1. The summed E-state index contributed by atoms with van der Waals surface area (Å²) in [6.07, 6.45) is 4.01. The molecule has 2 rings (SSSR count). The molecule has 1 aliphatic rings. The highest BCUT2D eigenvalue weighted by atomic mass is 32.2. The molecule has 1 aromatic carbocycles. The second-order valence-corrected chi connectivity index (χ2v) is 7.39. The maximum Gasteiger partial charge on any atom is 0.220 e. The Labute approximate surface area is 143 Å². The van der Waals surface area contributed by atoms with Crippen LogP contribution < -0.4 is 5.32 Å². The van der Waals surface area contributed by atoms with Gasteiger partial charge in [0.25, 0.3) is 0 Å². The van der Waals surface area contributed by atoms with Crippen LogP contribution in [0.3, 0.4) is 0 Å². The molecule has 1 aliphatic heterocycles. The van der Waals surface area contributed by atoms with Gasteiger partial charge in [0.2, 0.25) is 5.91 Å². The lowest BCUT2D eigenvalue weighted by molar-refractivity contribution is -0.120. The molecule has 0 saturated carbocycles. The van der Waals surface area contributed by atoms with Crippen LogP contribution in [0.25, 0.3) is 0 Å². The van der Waals surface area contributed by atoms with Crippen molar-refractivity contribution < 1.29 is 9.18 Å². The minimum atomic E-state index is -0.214. The summed E-state index contributed by atoms with van der Waals surface area (Å²) in [6, 6.07) is 6.68. The standard InChI is InChI=1S/C18H27FN2OS/c1-15-7-12-21(13-8-15)11-4-10-20-18(22)9-14-23-17-6-3-2-5-16(17)19/h2-3,5-6,15H,4,7-14H2,1H3,(H,20,22). The van der Waals surface area contributed by atoms with Crippen LogP contribution in [-0.4, -0.2) is 42.7 Å². The zero-order valence-corrected chi connectivity index (χ0v) is 14.7. The Balaban J connectivity index is 1.51. The summed E-state index contributed by atoms with van der Waals surface area (Å²) in [4.78, 5) is 14.9. The molecule has 0 spiro atoms. The number of piperidine rings is 1. The number of benzene rings is 1. The Kier molecular flexibility index (Phi) is 7.89. The number of hydrogen-bond acceptors (Lipinski definition) is 3. The summed E-state index contributed by atoms with van der Waals surface area (Å²) in [6.45, 7) is 6.49. The number of likely N-dealkylation sites (tertiary alicyclic amines) is 1. The highest BCUT2D eigenvalue weighted by molar-refractivity contribution is 7.99. The van der Waals surface area contributed by atoms with Crippen LogP contribution >= 0.6 is 11.8 Å². The highest BCUT2D eigenvalue weighted by Gasteiger charge is 2.14. The van der Waals surface area contributed by atoms with E-state index in [2.05, 4.69) is 17.1 Å². The van der Waals surface area contributed by atoms with E-state index in [0.717, 1.165) is 25.4 Å². The van der Waals surface area contributed by atoms with Gasteiger partial charge in [0, 0.05) is 23.6 Å². The van der Waals surface area contributed by atoms with Crippen molar-refractivity contribution in [1.82, 2.24) is 10.2 Å². The zero-order chi connectivity index (χ0) is 16.5. The fourth-order valence-electron chi connectivity index (χ4n) is 2.72. The van der Waals surface area contributed by atoms with E-state index < -0.39 is 0 Å². The summed E-state index contributed by atoms with van der Waals surface area (Å²) >= 11 is 1.39. The van der Waals surface area contributed by atoms with Crippen molar-refractivity contribution >= 4 is 17.7 Å². The van der Waals surface area contributed by atoms with Gasteiger partial charge >= 0.3 is 0 Å². The quantitative estimate of drug-likeness (QED) is 0.581. The van der Waals surface area contributed by atoms with Crippen LogP contribution in [0.15, 0.2) is 29.2 Å². The second-order valence-electron chi connectivity index (χ2n) is 6.26. The lowest BCUT2D eigenvalue weighted by Gasteiger charge is -2.30. The van der Waals surface area contributed by atoms with Gasteiger partial charge in [-0.15, -0.1) is 11.8 Å². The molecule has 0 aliphatic carbocycles. The smallest absolute Gasteiger partial charge is 0.220 e. The summed E-state index contributed by atoms with van der Waals surface area (Å²) in [5.74, 6) is 1.31. The molecule has 1 N–H and O–H groups in total. The van der Waals surface area contributed by atoms with E-state index in [-0.39, 0.29) is 11.7 Å². The molecule has 128 valence electrons. The van der Waals surface area contributed by atoms with Crippen molar-refractivity contribution in [3.05, 3.63) is 30.1 Å². The number of carbonyl (C=O) groups excluding carboxylic acids is 1. The van der Waals surface area contributed by atoms with Gasteiger partial charge in [0.15, 0.2) is 0 Å². The number of hydrogen-bond donors (Lipinski definition) is 1. The van der Waals surface area contributed by atoms with E-state index >= 15 is 0 Å². The van der Waals surface area contributed by atoms with Crippen LogP contribution in [0.1, 0.15) is 32.6 Å². The molecule has 0 bridgehead atoms. The van der Waals surface area contributed by atoms with Crippen molar-refractivity contribution in [3.63, 3.8) is 0 Å². The van der Waals surface area contributed by atoms with E-state index in [1.54, 1.807) is 12.1 Å². The third kappa shape index (κ3) is 6.92. The van der Waals surface area contributed by atoms with Gasteiger partial charge < -0.3 is 10.2 Å². The van der Waals surface area contributed by atoms with E-state index in [1.807, 2.05) is 6.07 Å². The molecule has 0 atom stereocenters. The summed E-state index contributed by atoms with van der Waals surface area (Å²) in [5, 5.41) is 2.96. The third-order valence-corrected chi connectivity index (χ3v) is 5.32. The van der Waals surface area contributed by atoms with Crippen LogP contribution in [0.4, 0.5) is 4.39 Å². The third-order valence-electron chi connectivity index (χ3n) is 4.27. The van der Waals surface area contributed by atoms with Gasteiger partial charge in [-0.2, -0.15) is 0 Å². The number of thioether (sulfide) groups is 1. The summed E-state index contributed by atoms with van der Waals surface area (Å²) in [7, 11) is 0. The number of rotatable bonds is 8.